The minimum atomic E-state index is 0.0114. The second-order valence-corrected chi connectivity index (χ2v) is 7.66. The maximum atomic E-state index is 13.5. The van der Waals surface area contributed by atoms with Crippen LogP contribution < -0.4 is 14.4 Å². The molecule has 3 heterocycles. The van der Waals surface area contributed by atoms with Crippen molar-refractivity contribution in [1.82, 2.24) is 14.7 Å². The van der Waals surface area contributed by atoms with Crippen LogP contribution in [0.5, 0.6) is 11.5 Å². The second kappa shape index (κ2) is 8.42. The molecule has 0 radical (unpaired) electrons. The molecule has 1 aromatic heterocycles. The van der Waals surface area contributed by atoms with Crippen LogP contribution in [0.15, 0.2) is 18.2 Å². The molecule has 0 saturated carbocycles. The van der Waals surface area contributed by atoms with Crippen molar-refractivity contribution in [1.29, 1.82) is 0 Å². The zero-order chi connectivity index (χ0) is 20.4. The number of ether oxygens (including phenoxy) is 3. The number of carbonyl (C=O) groups excluding carboxylic acids is 1. The van der Waals surface area contributed by atoms with Crippen molar-refractivity contribution in [2.45, 2.75) is 20.4 Å². The highest BCUT2D eigenvalue weighted by molar-refractivity contribution is 5.96. The van der Waals surface area contributed by atoms with Gasteiger partial charge in [-0.05, 0) is 19.9 Å². The molecule has 2 aromatic rings. The van der Waals surface area contributed by atoms with Gasteiger partial charge in [0, 0.05) is 18.3 Å². The van der Waals surface area contributed by atoms with Crippen molar-refractivity contribution in [3.05, 3.63) is 40.7 Å². The topological polar surface area (TPSA) is 70.3 Å². The van der Waals surface area contributed by atoms with E-state index in [0.717, 1.165) is 61.3 Å². The van der Waals surface area contributed by atoms with Gasteiger partial charge in [-0.25, -0.2) is 0 Å². The summed E-state index contributed by atoms with van der Waals surface area (Å²) < 4.78 is 18.4. The minimum Gasteiger partial charge on any atom is -0.454 e. The van der Waals surface area contributed by atoms with E-state index in [4.69, 9.17) is 14.2 Å². The zero-order valence-electron chi connectivity index (χ0n) is 17.4. The van der Waals surface area contributed by atoms with E-state index in [1.54, 1.807) is 4.68 Å². The molecule has 0 bridgehead atoms. The Hall–Kier alpha value is -2.58. The van der Waals surface area contributed by atoms with E-state index in [1.165, 1.54) is 4.90 Å². The first-order valence-corrected chi connectivity index (χ1v) is 10.1. The standard InChI is InChI=1S/C21H28N4O4/c1-15-19(16(2)23(3)22-15)21(26)25(8-7-24-9-11-27-12-10-24)13-17-5-4-6-18-20(17)29-14-28-18/h4-6H,7-14H2,1-3H3/p+1. The number of quaternary nitrogens is 1. The molecule has 8 heteroatoms. The van der Waals surface area contributed by atoms with Gasteiger partial charge >= 0.3 is 0 Å². The summed E-state index contributed by atoms with van der Waals surface area (Å²) in [6.07, 6.45) is 0. The number of hydrogen-bond donors (Lipinski definition) is 1. The molecule has 0 atom stereocenters. The maximum Gasteiger partial charge on any atom is 0.258 e. The number of aryl methyl sites for hydroxylation is 2. The third kappa shape index (κ3) is 4.09. The number of fused-ring (bicyclic) bond motifs is 1. The number of benzene rings is 1. The fraction of sp³-hybridized carbons (Fsp3) is 0.524. The molecule has 0 aliphatic carbocycles. The van der Waals surface area contributed by atoms with Gasteiger partial charge in [0.2, 0.25) is 6.79 Å². The van der Waals surface area contributed by atoms with Crippen molar-refractivity contribution in [2.24, 2.45) is 7.05 Å². The Bertz CT molecular complexity index is 889. The number of para-hydroxylation sites is 1. The maximum absolute atomic E-state index is 13.5. The van der Waals surface area contributed by atoms with Crippen LogP contribution in [0.2, 0.25) is 0 Å². The van der Waals surface area contributed by atoms with E-state index >= 15 is 0 Å². The van der Waals surface area contributed by atoms with Crippen molar-refractivity contribution < 1.29 is 23.9 Å². The van der Waals surface area contributed by atoms with Crippen LogP contribution in [0.3, 0.4) is 0 Å². The van der Waals surface area contributed by atoms with Gasteiger partial charge in [0.25, 0.3) is 5.91 Å². The van der Waals surface area contributed by atoms with E-state index < -0.39 is 0 Å². The van der Waals surface area contributed by atoms with Gasteiger partial charge in [-0.3, -0.25) is 9.48 Å². The molecule has 1 N–H and O–H groups in total. The Morgan fingerprint density at radius 2 is 2.03 bits per heavy atom. The third-order valence-corrected chi connectivity index (χ3v) is 5.78. The number of nitrogens with one attached hydrogen (secondary N) is 1. The highest BCUT2D eigenvalue weighted by Gasteiger charge is 2.27. The quantitative estimate of drug-likeness (QED) is 0.755. The van der Waals surface area contributed by atoms with Crippen LogP contribution in [0, 0.1) is 13.8 Å². The monoisotopic (exact) mass is 401 g/mol. The lowest BCUT2D eigenvalue weighted by Crippen LogP contribution is -3.14. The summed E-state index contributed by atoms with van der Waals surface area (Å²) in [5.74, 6) is 1.49. The van der Waals surface area contributed by atoms with Crippen LogP contribution in [-0.2, 0) is 18.3 Å². The van der Waals surface area contributed by atoms with E-state index in [9.17, 15) is 4.79 Å². The molecule has 1 aromatic carbocycles. The lowest BCUT2D eigenvalue weighted by atomic mass is 10.1. The van der Waals surface area contributed by atoms with E-state index in [2.05, 4.69) is 5.10 Å². The zero-order valence-corrected chi connectivity index (χ0v) is 17.4. The van der Waals surface area contributed by atoms with Crippen LogP contribution >= 0.6 is 0 Å². The summed E-state index contributed by atoms with van der Waals surface area (Å²) in [6.45, 7) is 9.59. The molecular formula is C21H29N4O4+. The van der Waals surface area contributed by atoms with Gasteiger partial charge in [0.15, 0.2) is 11.5 Å². The lowest BCUT2D eigenvalue weighted by molar-refractivity contribution is -0.907. The molecule has 1 saturated heterocycles. The minimum absolute atomic E-state index is 0.0114. The normalized spacial score (nSPS) is 16.2. The first-order valence-electron chi connectivity index (χ1n) is 10.1. The summed E-state index contributed by atoms with van der Waals surface area (Å²) in [5.41, 5.74) is 3.30. The SMILES string of the molecule is Cc1nn(C)c(C)c1C(=O)N(CC[NH+]1CCOCC1)Cc1cccc2c1OCO2. The van der Waals surface area contributed by atoms with Gasteiger partial charge in [-0.1, -0.05) is 12.1 Å². The Morgan fingerprint density at radius 3 is 2.76 bits per heavy atom. The van der Waals surface area contributed by atoms with Crippen molar-refractivity contribution in [2.75, 3.05) is 46.2 Å². The summed E-state index contributed by atoms with van der Waals surface area (Å²) in [6, 6.07) is 5.84. The summed E-state index contributed by atoms with van der Waals surface area (Å²) in [5, 5.41) is 4.43. The highest BCUT2D eigenvalue weighted by Crippen LogP contribution is 2.36. The average molecular weight is 401 g/mol. The van der Waals surface area contributed by atoms with Crippen molar-refractivity contribution in [3.8, 4) is 11.5 Å². The fourth-order valence-electron chi connectivity index (χ4n) is 4.02. The van der Waals surface area contributed by atoms with Crippen LogP contribution in [0.25, 0.3) is 0 Å². The Balaban J connectivity index is 1.58. The Labute approximate surface area is 170 Å². The second-order valence-electron chi connectivity index (χ2n) is 7.66. The molecular weight excluding hydrogens is 372 g/mol. The van der Waals surface area contributed by atoms with Crippen LogP contribution in [-0.4, -0.2) is 66.8 Å². The predicted molar refractivity (Wildman–Crippen MR) is 106 cm³/mol. The molecule has 1 fully saturated rings. The van der Waals surface area contributed by atoms with Gasteiger partial charge < -0.3 is 24.0 Å². The number of rotatable bonds is 6. The van der Waals surface area contributed by atoms with E-state index in [-0.39, 0.29) is 12.7 Å². The molecule has 4 rings (SSSR count). The van der Waals surface area contributed by atoms with Gasteiger partial charge in [0.1, 0.15) is 13.1 Å². The average Bonchev–Trinajstić information content (AvgIpc) is 3.30. The number of aromatic nitrogens is 2. The first-order chi connectivity index (χ1) is 14.0. The molecule has 0 spiro atoms. The highest BCUT2D eigenvalue weighted by atomic mass is 16.7. The molecule has 156 valence electrons. The van der Waals surface area contributed by atoms with E-state index in [0.29, 0.717) is 18.7 Å². The molecule has 8 nitrogen and oxygen atoms in total. The van der Waals surface area contributed by atoms with Gasteiger partial charge in [-0.2, -0.15) is 5.10 Å². The van der Waals surface area contributed by atoms with Crippen molar-refractivity contribution in [3.63, 3.8) is 0 Å². The number of hydrogen-bond acceptors (Lipinski definition) is 5. The Morgan fingerprint density at radius 1 is 1.24 bits per heavy atom. The summed E-state index contributed by atoms with van der Waals surface area (Å²) >= 11 is 0. The molecule has 1 amide bonds. The number of morpholine rings is 1. The fourth-order valence-corrected chi connectivity index (χ4v) is 4.02. The number of nitrogens with zero attached hydrogens (tertiary/aromatic N) is 3. The van der Waals surface area contributed by atoms with E-state index in [1.807, 2.05) is 44.0 Å². The summed E-state index contributed by atoms with van der Waals surface area (Å²) in [4.78, 5) is 16.9. The largest absolute Gasteiger partial charge is 0.454 e. The molecule has 2 aliphatic heterocycles. The number of amides is 1. The van der Waals surface area contributed by atoms with Crippen molar-refractivity contribution >= 4 is 5.91 Å². The van der Waals surface area contributed by atoms with Gasteiger partial charge in [0.05, 0.1) is 44.1 Å². The summed E-state index contributed by atoms with van der Waals surface area (Å²) in [7, 11) is 1.87. The number of carbonyl (C=O) groups is 1. The smallest absolute Gasteiger partial charge is 0.258 e. The molecule has 0 unspecified atom stereocenters. The van der Waals surface area contributed by atoms with Gasteiger partial charge in [-0.15, -0.1) is 0 Å². The predicted octanol–water partition coefficient (Wildman–Crippen LogP) is 0.323. The molecule has 2 aliphatic rings. The first kappa shape index (κ1) is 19.7. The lowest BCUT2D eigenvalue weighted by Gasteiger charge is -2.28. The third-order valence-electron chi connectivity index (χ3n) is 5.78. The van der Waals surface area contributed by atoms with Crippen LogP contribution in [0.1, 0.15) is 27.3 Å². The van der Waals surface area contributed by atoms with Crippen LogP contribution in [0.4, 0.5) is 0 Å². The molecule has 29 heavy (non-hydrogen) atoms. The Kier molecular flexibility index (Phi) is 5.73.